The minimum atomic E-state index is 0.273. The highest BCUT2D eigenvalue weighted by molar-refractivity contribution is 6.47. The van der Waals surface area contributed by atoms with Crippen LogP contribution in [-0.2, 0) is 0 Å². The number of rotatable bonds is 2. The van der Waals surface area contributed by atoms with Crippen LogP contribution in [0.15, 0.2) is 36.5 Å². The monoisotopic (exact) mass is 469 g/mol. The van der Waals surface area contributed by atoms with Gasteiger partial charge in [-0.2, -0.15) is 0 Å². The SMILES string of the molecule is Clc1cc(-c2c(Cl)ccc(Cl)c2Cl)cnc1-c1c(Cl)ccc(Cl)c1Cl. The van der Waals surface area contributed by atoms with E-state index in [4.69, 9.17) is 81.2 Å². The predicted molar refractivity (Wildman–Crippen MR) is 110 cm³/mol. The first-order chi connectivity index (χ1) is 11.8. The van der Waals surface area contributed by atoms with Crippen LogP contribution in [0.25, 0.3) is 22.4 Å². The Bertz CT molecular complexity index is 985. The zero-order chi connectivity index (χ0) is 18.3. The summed E-state index contributed by atoms with van der Waals surface area (Å²) in [6.07, 6.45) is 1.57. The smallest absolute Gasteiger partial charge is 0.0919 e. The van der Waals surface area contributed by atoms with Crippen LogP contribution in [-0.4, -0.2) is 4.98 Å². The minimum Gasteiger partial charge on any atom is -0.254 e. The summed E-state index contributed by atoms with van der Waals surface area (Å²) in [6, 6.07) is 8.16. The van der Waals surface area contributed by atoms with Crippen molar-refractivity contribution >= 4 is 81.2 Å². The van der Waals surface area contributed by atoms with E-state index in [9.17, 15) is 0 Å². The Balaban J connectivity index is 2.19. The number of hydrogen-bond acceptors (Lipinski definition) is 1. The molecule has 0 spiro atoms. The lowest BCUT2D eigenvalue weighted by Gasteiger charge is -2.13. The fourth-order valence-electron chi connectivity index (χ4n) is 2.29. The topological polar surface area (TPSA) is 12.9 Å². The molecule has 2 aromatic carbocycles. The maximum absolute atomic E-state index is 6.41. The second-order valence-corrected chi connectivity index (χ2v) is 7.78. The van der Waals surface area contributed by atoms with Crippen LogP contribution in [0.4, 0.5) is 0 Å². The first-order valence-electron chi connectivity index (χ1n) is 6.74. The molecule has 0 aliphatic carbocycles. The van der Waals surface area contributed by atoms with Gasteiger partial charge in [-0.25, -0.2) is 0 Å². The van der Waals surface area contributed by atoms with Crippen molar-refractivity contribution in [3.05, 3.63) is 71.7 Å². The molecule has 3 rings (SSSR count). The van der Waals surface area contributed by atoms with E-state index in [1.807, 2.05) is 0 Å². The maximum Gasteiger partial charge on any atom is 0.0919 e. The summed E-state index contributed by atoms with van der Waals surface area (Å²) >= 11 is 43.5. The normalized spacial score (nSPS) is 11.0. The van der Waals surface area contributed by atoms with Crippen molar-refractivity contribution in [3.63, 3.8) is 0 Å². The summed E-state index contributed by atoms with van der Waals surface area (Å²) in [5.41, 5.74) is 2.01. The van der Waals surface area contributed by atoms with E-state index in [1.54, 1.807) is 36.5 Å². The van der Waals surface area contributed by atoms with Gasteiger partial charge in [0.25, 0.3) is 0 Å². The molecule has 0 bridgehead atoms. The van der Waals surface area contributed by atoms with Gasteiger partial charge in [-0.15, -0.1) is 0 Å². The number of halogens is 7. The molecule has 0 fully saturated rings. The largest absolute Gasteiger partial charge is 0.254 e. The number of pyridine rings is 1. The van der Waals surface area contributed by atoms with E-state index < -0.39 is 0 Å². The average Bonchev–Trinajstić information content (AvgIpc) is 2.57. The van der Waals surface area contributed by atoms with Crippen molar-refractivity contribution in [1.29, 1.82) is 0 Å². The Morgan fingerprint density at radius 1 is 0.560 bits per heavy atom. The minimum absolute atomic E-state index is 0.273. The van der Waals surface area contributed by atoms with E-state index in [2.05, 4.69) is 4.98 Å². The summed E-state index contributed by atoms with van der Waals surface area (Å²) in [5, 5.41) is 2.45. The van der Waals surface area contributed by atoms with Gasteiger partial charge in [-0.3, -0.25) is 4.98 Å². The van der Waals surface area contributed by atoms with Crippen LogP contribution in [0.5, 0.6) is 0 Å². The van der Waals surface area contributed by atoms with Gasteiger partial charge in [-0.1, -0.05) is 81.2 Å². The summed E-state index contributed by atoms with van der Waals surface area (Å²) in [4.78, 5) is 4.38. The highest BCUT2D eigenvalue weighted by Crippen LogP contribution is 2.44. The third-order valence-electron chi connectivity index (χ3n) is 3.45. The molecule has 25 heavy (non-hydrogen) atoms. The molecule has 3 aromatic rings. The molecule has 0 amide bonds. The van der Waals surface area contributed by atoms with Crippen molar-refractivity contribution in [2.24, 2.45) is 0 Å². The molecular formula is C17H6Cl7N. The van der Waals surface area contributed by atoms with Gasteiger partial charge in [0, 0.05) is 22.9 Å². The van der Waals surface area contributed by atoms with Crippen molar-refractivity contribution in [3.8, 4) is 22.4 Å². The summed E-state index contributed by atoms with van der Waals surface area (Å²) in [5.74, 6) is 0. The summed E-state index contributed by atoms with van der Waals surface area (Å²) in [6.45, 7) is 0. The molecule has 1 heterocycles. The van der Waals surface area contributed by atoms with Gasteiger partial charge in [0.15, 0.2) is 0 Å². The number of benzene rings is 2. The first kappa shape index (κ1) is 19.4. The zero-order valence-electron chi connectivity index (χ0n) is 12.1. The summed E-state index contributed by atoms with van der Waals surface area (Å²) in [7, 11) is 0. The molecular weight excluding hydrogens is 466 g/mol. The second kappa shape index (κ2) is 7.70. The molecule has 1 aromatic heterocycles. The van der Waals surface area contributed by atoms with Gasteiger partial charge in [0.1, 0.15) is 0 Å². The van der Waals surface area contributed by atoms with Crippen molar-refractivity contribution in [2.45, 2.75) is 0 Å². The Hall–Kier alpha value is -0.380. The van der Waals surface area contributed by atoms with Crippen LogP contribution in [0.2, 0.25) is 35.2 Å². The predicted octanol–water partition coefficient (Wildman–Crippen LogP) is 8.99. The lowest BCUT2D eigenvalue weighted by molar-refractivity contribution is 1.32. The molecule has 0 radical (unpaired) electrons. The van der Waals surface area contributed by atoms with E-state index in [1.165, 1.54) is 0 Å². The quantitative estimate of drug-likeness (QED) is 0.339. The third kappa shape index (κ3) is 3.70. The van der Waals surface area contributed by atoms with E-state index >= 15 is 0 Å². The van der Waals surface area contributed by atoms with Gasteiger partial charge < -0.3 is 0 Å². The highest BCUT2D eigenvalue weighted by Gasteiger charge is 2.18. The second-order valence-electron chi connectivity index (χ2n) is 4.99. The van der Waals surface area contributed by atoms with Crippen LogP contribution in [0.1, 0.15) is 0 Å². The first-order valence-corrected chi connectivity index (χ1v) is 9.39. The molecule has 0 unspecified atom stereocenters. The van der Waals surface area contributed by atoms with Gasteiger partial charge in [-0.05, 0) is 30.3 Å². The van der Waals surface area contributed by atoms with Crippen molar-refractivity contribution in [2.75, 3.05) is 0 Å². The van der Waals surface area contributed by atoms with Gasteiger partial charge >= 0.3 is 0 Å². The van der Waals surface area contributed by atoms with Crippen molar-refractivity contribution < 1.29 is 0 Å². The molecule has 0 atom stereocenters. The average molecular weight is 472 g/mol. The molecule has 0 aliphatic rings. The van der Waals surface area contributed by atoms with Gasteiger partial charge in [0.05, 0.1) is 40.9 Å². The Morgan fingerprint density at radius 2 is 1.04 bits per heavy atom. The number of hydrogen-bond donors (Lipinski definition) is 0. The molecule has 0 saturated carbocycles. The fourth-order valence-corrected chi connectivity index (χ4v) is 4.01. The van der Waals surface area contributed by atoms with Crippen LogP contribution in [0, 0.1) is 0 Å². The van der Waals surface area contributed by atoms with Crippen LogP contribution < -0.4 is 0 Å². The van der Waals surface area contributed by atoms with Crippen LogP contribution in [0.3, 0.4) is 0 Å². The standard InChI is InChI=1S/C17H6Cl7N/c18-8-1-3-10(20)15(23)13(8)7-5-12(22)17(25-6-7)14-9(19)2-4-11(21)16(14)24/h1-6H. The van der Waals surface area contributed by atoms with Crippen molar-refractivity contribution in [1.82, 2.24) is 4.98 Å². The Morgan fingerprint density at radius 3 is 1.60 bits per heavy atom. The fraction of sp³-hybridized carbons (Fsp3) is 0. The van der Waals surface area contributed by atoms with Crippen LogP contribution >= 0.6 is 81.2 Å². The van der Waals surface area contributed by atoms with E-state index in [0.29, 0.717) is 52.5 Å². The van der Waals surface area contributed by atoms with E-state index in [0.717, 1.165) is 0 Å². The molecule has 0 N–H and O–H groups in total. The Labute approximate surface area is 179 Å². The molecule has 8 heteroatoms. The molecule has 0 aliphatic heterocycles. The van der Waals surface area contributed by atoms with E-state index in [-0.39, 0.29) is 5.02 Å². The number of nitrogens with zero attached hydrogens (tertiary/aromatic N) is 1. The third-order valence-corrected chi connectivity index (χ3v) is 5.98. The molecule has 0 saturated heterocycles. The molecule has 128 valence electrons. The lowest BCUT2D eigenvalue weighted by Crippen LogP contribution is -1.91. The summed E-state index contributed by atoms with van der Waals surface area (Å²) < 4.78 is 0. The highest BCUT2D eigenvalue weighted by atomic mass is 35.5. The lowest BCUT2D eigenvalue weighted by atomic mass is 10.1. The number of aromatic nitrogens is 1. The molecule has 1 nitrogen and oxygen atoms in total. The van der Waals surface area contributed by atoms with Gasteiger partial charge in [0.2, 0.25) is 0 Å². The zero-order valence-corrected chi connectivity index (χ0v) is 17.3. The maximum atomic E-state index is 6.41. The Kier molecular flexibility index (Phi) is 5.97.